The molecule has 0 spiro atoms. The van der Waals surface area contributed by atoms with Gasteiger partial charge in [-0.3, -0.25) is 0 Å². The van der Waals surface area contributed by atoms with E-state index in [0.29, 0.717) is 6.54 Å². The van der Waals surface area contributed by atoms with Crippen LogP contribution in [-0.2, 0) is 0 Å². The molecule has 0 radical (unpaired) electrons. The molecule has 0 aromatic rings. The van der Waals surface area contributed by atoms with Crippen LogP contribution in [0.1, 0.15) is 26.7 Å². The lowest BCUT2D eigenvalue weighted by Crippen LogP contribution is -2.40. The van der Waals surface area contributed by atoms with Crippen molar-refractivity contribution in [2.75, 3.05) is 6.54 Å². The Morgan fingerprint density at radius 2 is 2.33 bits per heavy atom. The van der Waals surface area contributed by atoms with Crippen molar-refractivity contribution in [2.24, 2.45) is 0 Å². The Bertz CT molecular complexity index is 174. The maximum Gasteiger partial charge on any atom is 0.315 e. The molecule has 12 heavy (non-hydrogen) atoms. The van der Waals surface area contributed by atoms with E-state index in [0.717, 1.165) is 12.8 Å². The molecular weight excluding hydrogens is 154 g/mol. The van der Waals surface area contributed by atoms with E-state index in [2.05, 4.69) is 17.6 Å². The number of carbonyl (C=O) groups is 1. The zero-order valence-electron chi connectivity index (χ0n) is 7.55. The number of nitriles is 1. The molecule has 0 aromatic carbocycles. The molecule has 0 fully saturated rings. The van der Waals surface area contributed by atoms with Crippen molar-refractivity contribution in [1.82, 2.24) is 10.6 Å². The first-order valence-corrected chi connectivity index (χ1v) is 4.14. The van der Waals surface area contributed by atoms with Gasteiger partial charge in [-0.15, -0.1) is 0 Å². The Kier molecular flexibility index (Phi) is 5.80. The Balaban J connectivity index is 3.41. The van der Waals surface area contributed by atoms with E-state index in [1.807, 2.05) is 6.07 Å². The molecule has 0 aliphatic carbocycles. The third kappa shape index (κ3) is 5.54. The van der Waals surface area contributed by atoms with Crippen LogP contribution >= 0.6 is 0 Å². The highest BCUT2D eigenvalue weighted by Crippen LogP contribution is 1.82. The van der Waals surface area contributed by atoms with Crippen LogP contribution in [0, 0.1) is 11.3 Å². The van der Waals surface area contributed by atoms with Crippen LogP contribution in [0.15, 0.2) is 0 Å². The summed E-state index contributed by atoms with van der Waals surface area (Å²) in [5.41, 5.74) is 0. The summed E-state index contributed by atoms with van der Waals surface area (Å²) in [5.74, 6) is 0. The normalized spacial score (nSPS) is 11.4. The molecule has 0 bridgehead atoms. The van der Waals surface area contributed by atoms with Gasteiger partial charge in [0, 0.05) is 6.54 Å². The fourth-order valence-corrected chi connectivity index (χ4v) is 0.659. The Hall–Kier alpha value is -1.24. The molecule has 0 rings (SSSR count). The van der Waals surface area contributed by atoms with Crippen LogP contribution in [0.5, 0.6) is 0 Å². The zero-order chi connectivity index (χ0) is 9.40. The van der Waals surface area contributed by atoms with Crippen molar-refractivity contribution in [3.8, 4) is 6.07 Å². The fourth-order valence-electron chi connectivity index (χ4n) is 0.659. The number of nitrogens with zero attached hydrogens (tertiary/aromatic N) is 1. The van der Waals surface area contributed by atoms with Gasteiger partial charge in [0.25, 0.3) is 0 Å². The summed E-state index contributed by atoms with van der Waals surface area (Å²) in [6, 6.07) is 1.22. The predicted molar refractivity (Wildman–Crippen MR) is 46.5 cm³/mol. The third-order valence-corrected chi connectivity index (χ3v) is 1.36. The van der Waals surface area contributed by atoms with Gasteiger partial charge >= 0.3 is 6.03 Å². The van der Waals surface area contributed by atoms with E-state index in [4.69, 9.17) is 5.26 Å². The predicted octanol–water partition coefficient (Wildman–Crippen LogP) is 0.998. The van der Waals surface area contributed by atoms with Gasteiger partial charge < -0.3 is 10.6 Å². The molecule has 2 N–H and O–H groups in total. The molecule has 2 amide bonds. The molecule has 4 heteroatoms. The van der Waals surface area contributed by atoms with Gasteiger partial charge in [-0.25, -0.2) is 4.79 Å². The summed E-state index contributed by atoms with van der Waals surface area (Å²) >= 11 is 0. The average molecular weight is 169 g/mol. The minimum Gasteiger partial charge on any atom is -0.338 e. The van der Waals surface area contributed by atoms with Gasteiger partial charge in [-0.2, -0.15) is 5.26 Å². The lowest BCUT2D eigenvalue weighted by atomic mass is 10.3. The van der Waals surface area contributed by atoms with Gasteiger partial charge in [0.15, 0.2) is 0 Å². The molecule has 0 saturated heterocycles. The molecule has 1 atom stereocenters. The summed E-state index contributed by atoms with van der Waals surface area (Å²) < 4.78 is 0. The summed E-state index contributed by atoms with van der Waals surface area (Å²) in [4.78, 5) is 10.9. The highest BCUT2D eigenvalue weighted by molar-refractivity contribution is 5.74. The van der Waals surface area contributed by atoms with Crippen molar-refractivity contribution >= 4 is 6.03 Å². The van der Waals surface area contributed by atoms with Gasteiger partial charge in [0.1, 0.15) is 6.04 Å². The summed E-state index contributed by atoms with van der Waals surface area (Å²) in [7, 11) is 0. The minimum atomic E-state index is -0.424. The quantitative estimate of drug-likeness (QED) is 0.616. The third-order valence-electron chi connectivity index (χ3n) is 1.36. The maximum atomic E-state index is 10.9. The van der Waals surface area contributed by atoms with E-state index in [1.165, 1.54) is 0 Å². The number of rotatable bonds is 4. The monoisotopic (exact) mass is 169 g/mol. The van der Waals surface area contributed by atoms with Crippen LogP contribution in [-0.4, -0.2) is 18.6 Å². The van der Waals surface area contributed by atoms with Gasteiger partial charge in [0.05, 0.1) is 6.07 Å². The topological polar surface area (TPSA) is 64.9 Å². The minimum absolute atomic E-state index is 0.266. The zero-order valence-corrected chi connectivity index (χ0v) is 7.55. The molecule has 0 heterocycles. The van der Waals surface area contributed by atoms with E-state index >= 15 is 0 Å². The Labute approximate surface area is 72.9 Å². The molecule has 0 aliphatic rings. The molecular formula is C8H15N3O. The first kappa shape index (κ1) is 10.8. The lowest BCUT2D eigenvalue weighted by Gasteiger charge is -2.07. The van der Waals surface area contributed by atoms with Crippen LogP contribution in [0.3, 0.4) is 0 Å². The summed E-state index contributed by atoms with van der Waals surface area (Å²) in [5, 5.41) is 13.5. The first-order valence-electron chi connectivity index (χ1n) is 4.14. The second-order valence-electron chi connectivity index (χ2n) is 2.60. The van der Waals surface area contributed by atoms with E-state index < -0.39 is 6.04 Å². The molecule has 68 valence electrons. The highest BCUT2D eigenvalue weighted by Gasteiger charge is 2.02. The number of carbonyl (C=O) groups excluding carboxylic acids is 1. The Morgan fingerprint density at radius 3 is 2.83 bits per heavy atom. The fraction of sp³-hybridized carbons (Fsp3) is 0.750. The van der Waals surface area contributed by atoms with Gasteiger partial charge in [-0.05, 0) is 13.3 Å². The molecule has 1 unspecified atom stereocenters. The van der Waals surface area contributed by atoms with Crippen LogP contribution in [0.4, 0.5) is 4.79 Å². The standard InChI is InChI=1S/C8H15N3O/c1-3-4-5-10-8(12)11-7(2)6-9/h7H,3-5H2,1-2H3,(H2,10,11,12). The number of urea groups is 1. The number of hydrogen-bond donors (Lipinski definition) is 2. The highest BCUT2D eigenvalue weighted by atomic mass is 16.2. The van der Waals surface area contributed by atoms with Crippen molar-refractivity contribution in [2.45, 2.75) is 32.7 Å². The van der Waals surface area contributed by atoms with E-state index in [1.54, 1.807) is 6.92 Å². The van der Waals surface area contributed by atoms with Crippen LogP contribution in [0.25, 0.3) is 0 Å². The second-order valence-corrected chi connectivity index (χ2v) is 2.60. The SMILES string of the molecule is CCCCNC(=O)NC(C)C#N. The van der Waals surface area contributed by atoms with E-state index in [-0.39, 0.29) is 6.03 Å². The smallest absolute Gasteiger partial charge is 0.315 e. The lowest BCUT2D eigenvalue weighted by molar-refractivity contribution is 0.239. The molecule has 0 saturated carbocycles. The van der Waals surface area contributed by atoms with E-state index in [9.17, 15) is 4.79 Å². The maximum absolute atomic E-state index is 10.9. The van der Waals surface area contributed by atoms with Crippen LogP contribution in [0.2, 0.25) is 0 Å². The van der Waals surface area contributed by atoms with Crippen molar-refractivity contribution in [3.05, 3.63) is 0 Å². The molecule has 0 aliphatic heterocycles. The molecule has 0 aromatic heterocycles. The van der Waals surface area contributed by atoms with Crippen molar-refractivity contribution < 1.29 is 4.79 Å². The number of hydrogen-bond acceptors (Lipinski definition) is 2. The number of amides is 2. The molecule has 4 nitrogen and oxygen atoms in total. The summed E-state index contributed by atoms with van der Waals surface area (Å²) in [6.07, 6.45) is 2.02. The van der Waals surface area contributed by atoms with Crippen molar-refractivity contribution in [1.29, 1.82) is 5.26 Å². The first-order chi connectivity index (χ1) is 5.70. The second kappa shape index (κ2) is 6.47. The average Bonchev–Trinajstić information content (AvgIpc) is 2.05. The number of unbranched alkanes of at least 4 members (excludes halogenated alkanes) is 1. The van der Waals surface area contributed by atoms with Crippen molar-refractivity contribution in [3.63, 3.8) is 0 Å². The van der Waals surface area contributed by atoms with Gasteiger partial charge in [-0.1, -0.05) is 13.3 Å². The largest absolute Gasteiger partial charge is 0.338 e. The van der Waals surface area contributed by atoms with Gasteiger partial charge in [0.2, 0.25) is 0 Å². The Morgan fingerprint density at radius 1 is 1.67 bits per heavy atom. The number of nitrogens with one attached hydrogen (secondary N) is 2. The van der Waals surface area contributed by atoms with Crippen LogP contribution < -0.4 is 10.6 Å². The summed E-state index contributed by atoms with van der Waals surface area (Å²) in [6.45, 7) is 4.36.